The quantitative estimate of drug-likeness (QED) is 0.800. The summed E-state index contributed by atoms with van der Waals surface area (Å²) in [4.78, 5) is 23.9. The molecule has 138 valence electrons. The third kappa shape index (κ3) is 3.54. The Morgan fingerprint density at radius 3 is 2.07 bits per heavy atom. The summed E-state index contributed by atoms with van der Waals surface area (Å²) in [5, 5.41) is 14.7. The second-order valence-corrected chi connectivity index (χ2v) is 6.83. The number of ether oxygens (including phenoxy) is 2. The van der Waals surface area contributed by atoms with Gasteiger partial charge in [-0.05, 0) is 48.5 Å². The van der Waals surface area contributed by atoms with Crippen molar-refractivity contribution in [2.24, 2.45) is 11.8 Å². The molecule has 2 aliphatic heterocycles. The molecular formula is C20H15ClNO5-. The first kappa shape index (κ1) is 17.6. The number of carboxylic acid groups (broad SMARTS) is 1. The number of hydrogen-bond acceptors (Lipinski definition) is 5. The van der Waals surface area contributed by atoms with Crippen molar-refractivity contribution in [1.82, 2.24) is 0 Å². The number of halogens is 1. The van der Waals surface area contributed by atoms with Crippen LogP contribution in [0, 0.1) is 11.8 Å². The van der Waals surface area contributed by atoms with Gasteiger partial charge in [0.15, 0.2) is 0 Å². The van der Waals surface area contributed by atoms with E-state index in [1.165, 1.54) is 0 Å². The maximum absolute atomic E-state index is 12.6. The molecule has 7 heteroatoms. The van der Waals surface area contributed by atoms with E-state index >= 15 is 0 Å². The summed E-state index contributed by atoms with van der Waals surface area (Å²) in [6.07, 6.45) is 2.24. The van der Waals surface area contributed by atoms with Gasteiger partial charge in [0.25, 0.3) is 0 Å². The third-order valence-electron chi connectivity index (χ3n) is 4.65. The van der Waals surface area contributed by atoms with Crippen molar-refractivity contribution in [1.29, 1.82) is 0 Å². The minimum Gasteiger partial charge on any atom is -0.550 e. The lowest BCUT2D eigenvalue weighted by molar-refractivity contribution is -0.313. The lowest BCUT2D eigenvalue weighted by Gasteiger charge is -2.25. The van der Waals surface area contributed by atoms with Crippen molar-refractivity contribution in [2.45, 2.75) is 12.2 Å². The molecule has 0 saturated carbocycles. The minimum atomic E-state index is -1.28. The molecular weight excluding hydrogens is 370 g/mol. The van der Waals surface area contributed by atoms with Crippen LogP contribution in [0.25, 0.3) is 0 Å². The maximum Gasteiger partial charge on any atom is 0.231 e. The van der Waals surface area contributed by atoms with Gasteiger partial charge in [0.1, 0.15) is 11.5 Å². The van der Waals surface area contributed by atoms with Crippen LogP contribution in [0.2, 0.25) is 5.02 Å². The van der Waals surface area contributed by atoms with Gasteiger partial charge < -0.3 is 24.7 Å². The van der Waals surface area contributed by atoms with Crippen molar-refractivity contribution < 1.29 is 24.2 Å². The Kier molecular flexibility index (Phi) is 4.59. The number of rotatable bonds is 5. The van der Waals surface area contributed by atoms with Gasteiger partial charge in [-0.3, -0.25) is 4.79 Å². The number of carboxylic acids is 1. The van der Waals surface area contributed by atoms with Gasteiger partial charge in [-0.2, -0.15) is 0 Å². The van der Waals surface area contributed by atoms with E-state index < -0.39 is 35.9 Å². The summed E-state index contributed by atoms with van der Waals surface area (Å²) in [5.74, 6) is -2.25. The molecule has 0 spiro atoms. The van der Waals surface area contributed by atoms with E-state index in [9.17, 15) is 14.7 Å². The molecule has 0 radical (unpaired) electrons. The Morgan fingerprint density at radius 2 is 1.48 bits per heavy atom. The molecule has 1 N–H and O–H groups in total. The van der Waals surface area contributed by atoms with Crippen molar-refractivity contribution in [3.05, 3.63) is 65.7 Å². The van der Waals surface area contributed by atoms with E-state index in [4.69, 9.17) is 21.1 Å². The molecule has 1 saturated heterocycles. The molecule has 1 fully saturated rings. The maximum atomic E-state index is 12.6. The van der Waals surface area contributed by atoms with Gasteiger partial charge in [-0.25, -0.2) is 0 Å². The number of anilines is 1. The summed E-state index contributed by atoms with van der Waals surface area (Å²) < 4.78 is 11.2. The number of aliphatic carboxylic acids is 1. The SMILES string of the molecule is O=C([O-])[C@@H]1[C@H](C(=O)Nc2ccc(Oc3ccc(Cl)cc3)cc2)[C@H]2C=C[C@@H]1O2. The summed E-state index contributed by atoms with van der Waals surface area (Å²) in [5.41, 5.74) is 0.535. The fourth-order valence-corrected chi connectivity index (χ4v) is 3.50. The Labute approximate surface area is 160 Å². The topological polar surface area (TPSA) is 87.7 Å². The molecule has 2 aliphatic rings. The van der Waals surface area contributed by atoms with Crippen molar-refractivity contribution >= 4 is 29.2 Å². The van der Waals surface area contributed by atoms with Gasteiger partial charge in [-0.1, -0.05) is 23.8 Å². The Balaban J connectivity index is 1.42. The zero-order valence-corrected chi connectivity index (χ0v) is 14.8. The lowest BCUT2D eigenvalue weighted by Crippen LogP contribution is -2.45. The van der Waals surface area contributed by atoms with E-state index in [0.29, 0.717) is 22.2 Å². The summed E-state index contributed by atoms with van der Waals surface area (Å²) in [7, 11) is 0. The number of hydrogen-bond donors (Lipinski definition) is 1. The molecule has 4 rings (SSSR count). The van der Waals surface area contributed by atoms with Crippen LogP contribution >= 0.6 is 11.6 Å². The van der Waals surface area contributed by atoms with Crippen molar-refractivity contribution in [2.75, 3.05) is 5.32 Å². The number of amides is 1. The Morgan fingerprint density at radius 1 is 0.926 bits per heavy atom. The normalized spacial score (nSPS) is 25.4. The smallest absolute Gasteiger partial charge is 0.231 e. The fraction of sp³-hybridized carbons (Fsp3) is 0.200. The van der Waals surface area contributed by atoms with Crippen LogP contribution in [0.1, 0.15) is 0 Å². The molecule has 2 bridgehead atoms. The van der Waals surface area contributed by atoms with E-state index in [0.717, 1.165) is 0 Å². The lowest BCUT2D eigenvalue weighted by atomic mass is 9.82. The van der Waals surface area contributed by atoms with Crippen LogP contribution in [0.5, 0.6) is 11.5 Å². The van der Waals surface area contributed by atoms with Gasteiger partial charge in [0, 0.05) is 22.6 Å². The summed E-state index contributed by atoms with van der Waals surface area (Å²) in [6.45, 7) is 0. The van der Waals surface area contributed by atoms with Crippen LogP contribution in [-0.4, -0.2) is 24.1 Å². The van der Waals surface area contributed by atoms with Gasteiger partial charge in [0.2, 0.25) is 5.91 Å². The van der Waals surface area contributed by atoms with Crippen LogP contribution in [0.15, 0.2) is 60.7 Å². The second kappa shape index (κ2) is 7.06. The highest BCUT2D eigenvalue weighted by molar-refractivity contribution is 6.30. The molecule has 4 atom stereocenters. The number of carbonyl (C=O) groups excluding carboxylic acids is 2. The van der Waals surface area contributed by atoms with Crippen LogP contribution in [0.4, 0.5) is 5.69 Å². The van der Waals surface area contributed by atoms with Gasteiger partial charge in [-0.15, -0.1) is 0 Å². The van der Waals surface area contributed by atoms with E-state index in [1.54, 1.807) is 60.7 Å². The van der Waals surface area contributed by atoms with Crippen molar-refractivity contribution in [3.63, 3.8) is 0 Å². The average molecular weight is 385 g/mol. The zero-order chi connectivity index (χ0) is 19.0. The number of carbonyl (C=O) groups is 2. The first-order valence-electron chi connectivity index (χ1n) is 8.40. The van der Waals surface area contributed by atoms with E-state index in [1.807, 2.05) is 0 Å². The molecule has 2 aromatic carbocycles. The highest BCUT2D eigenvalue weighted by Gasteiger charge is 2.50. The fourth-order valence-electron chi connectivity index (χ4n) is 3.37. The van der Waals surface area contributed by atoms with Crippen LogP contribution in [-0.2, 0) is 14.3 Å². The zero-order valence-electron chi connectivity index (χ0n) is 14.0. The molecule has 0 unspecified atom stereocenters. The molecule has 27 heavy (non-hydrogen) atoms. The molecule has 1 amide bonds. The first-order chi connectivity index (χ1) is 13.0. The highest BCUT2D eigenvalue weighted by Crippen LogP contribution is 2.39. The summed E-state index contributed by atoms with van der Waals surface area (Å²) in [6, 6.07) is 13.7. The number of benzene rings is 2. The minimum absolute atomic E-state index is 0.410. The third-order valence-corrected chi connectivity index (χ3v) is 4.90. The van der Waals surface area contributed by atoms with Gasteiger partial charge >= 0.3 is 0 Å². The summed E-state index contributed by atoms with van der Waals surface area (Å²) >= 11 is 5.84. The predicted octanol–water partition coefficient (Wildman–Crippen LogP) is 2.39. The highest BCUT2D eigenvalue weighted by atomic mass is 35.5. The molecule has 0 aromatic heterocycles. The average Bonchev–Trinajstić information content (AvgIpc) is 3.26. The monoisotopic (exact) mass is 384 g/mol. The van der Waals surface area contributed by atoms with Crippen LogP contribution in [0.3, 0.4) is 0 Å². The predicted molar refractivity (Wildman–Crippen MR) is 96.4 cm³/mol. The van der Waals surface area contributed by atoms with E-state index in [2.05, 4.69) is 5.32 Å². The molecule has 0 aliphatic carbocycles. The van der Waals surface area contributed by atoms with Crippen molar-refractivity contribution in [3.8, 4) is 11.5 Å². The largest absolute Gasteiger partial charge is 0.550 e. The molecule has 2 heterocycles. The van der Waals surface area contributed by atoms with Crippen LogP contribution < -0.4 is 15.2 Å². The molecule has 2 aromatic rings. The number of nitrogens with one attached hydrogen (secondary N) is 1. The Bertz CT molecular complexity index is 894. The standard InChI is InChI=1S/C20H16ClNO5/c21-11-1-5-13(6-2-11)26-14-7-3-12(4-8-14)22-19(23)17-15-9-10-16(27-15)18(17)20(24)25/h1-10,15-18H,(H,22,23)(H,24,25)/p-1/t15-,16+,17-,18+/m1/s1. The second-order valence-electron chi connectivity index (χ2n) is 6.39. The van der Waals surface area contributed by atoms with Gasteiger partial charge in [0.05, 0.1) is 18.1 Å². The number of fused-ring (bicyclic) bond motifs is 2. The Hall–Kier alpha value is -2.83. The molecule has 6 nitrogen and oxygen atoms in total. The first-order valence-corrected chi connectivity index (χ1v) is 8.78. The van der Waals surface area contributed by atoms with E-state index in [-0.39, 0.29) is 0 Å².